The van der Waals surface area contributed by atoms with Crippen molar-refractivity contribution in [2.75, 3.05) is 0 Å². The Hall–Kier alpha value is -2.40. The van der Waals surface area contributed by atoms with Crippen LogP contribution in [0.3, 0.4) is 0 Å². The van der Waals surface area contributed by atoms with E-state index in [1.807, 2.05) is 30.6 Å². The number of rotatable bonds is 8. The van der Waals surface area contributed by atoms with Crippen molar-refractivity contribution >= 4 is 23.8 Å². The first-order valence-corrected chi connectivity index (χ1v) is 11.0. The third-order valence-electron chi connectivity index (χ3n) is 5.44. The second kappa shape index (κ2) is 12.5. The van der Waals surface area contributed by atoms with Crippen LogP contribution in [0.4, 0.5) is 11.4 Å². The monoisotopic (exact) mass is 402 g/mol. The maximum absolute atomic E-state index is 4.83. The predicted molar refractivity (Wildman–Crippen MR) is 130 cm³/mol. The average molecular weight is 403 g/mol. The van der Waals surface area contributed by atoms with Crippen molar-refractivity contribution in [3.8, 4) is 0 Å². The van der Waals surface area contributed by atoms with Crippen LogP contribution in [0.2, 0.25) is 0 Å². The molecule has 0 atom stereocenters. The fraction of sp³-hybridized carbons (Fsp3) is 0.286. The van der Waals surface area contributed by atoms with Gasteiger partial charge in [-0.2, -0.15) is 0 Å². The number of nitrogens with zero attached hydrogens (tertiary/aromatic N) is 2. The van der Waals surface area contributed by atoms with Crippen LogP contribution in [-0.4, -0.2) is 12.4 Å². The molecule has 0 aliphatic rings. The Labute approximate surface area is 199 Å². The summed E-state index contributed by atoms with van der Waals surface area (Å²) >= 11 is 0. The van der Waals surface area contributed by atoms with Crippen molar-refractivity contribution < 1.29 is 18.9 Å². The number of hydrogen-bond donors (Lipinski definition) is 0. The molecule has 3 heteroatoms. The van der Waals surface area contributed by atoms with Gasteiger partial charge in [-0.05, 0) is 60.4 Å². The third kappa shape index (κ3) is 6.29. The van der Waals surface area contributed by atoms with Gasteiger partial charge in [-0.3, -0.25) is 9.98 Å². The van der Waals surface area contributed by atoms with E-state index >= 15 is 0 Å². The van der Waals surface area contributed by atoms with Gasteiger partial charge in [0.25, 0.3) is 0 Å². The first kappa shape index (κ1) is 24.9. The van der Waals surface area contributed by atoms with Crippen molar-refractivity contribution in [1.82, 2.24) is 0 Å². The normalized spacial score (nSPS) is 11.2. The van der Waals surface area contributed by atoms with Gasteiger partial charge in [-0.25, -0.2) is 0 Å². The van der Waals surface area contributed by atoms with Crippen LogP contribution < -0.4 is 18.9 Å². The minimum Gasteiger partial charge on any atom is -0.294 e. The Morgan fingerprint density at radius 1 is 0.581 bits per heavy atom. The van der Waals surface area contributed by atoms with Gasteiger partial charge in [-0.15, -0.1) is 35.4 Å². The van der Waals surface area contributed by atoms with Crippen LogP contribution in [0, 0.1) is 6.07 Å². The Kier molecular flexibility index (Phi) is 9.99. The molecule has 0 aromatic heterocycles. The summed E-state index contributed by atoms with van der Waals surface area (Å²) in [7, 11) is 0. The molecule has 0 N–H and O–H groups in total. The zero-order valence-corrected chi connectivity index (χ0v) is 19.6. The Bertz CT molecular complexity index is 925. The molecule has 3 aromatic rings. The Morgan fingerprint density at radius 3 is 1.23 bits per heavy atom. The summed E-state index contributed by atoms with van der Waals surface area (Å²) < 4.78 is 0. The largest absolute Gasteiger partial charge is 1.00 e. The van der Waals surface area contributed by atoms with Gasteiger partial charge in [0, 0.05) is 0 Å². The van der Waals surface area contributed by atoms with Crippen LogP contribution in [0.15, 0.2) is 64.6 Å². The molecule has 0 radical (unpaired) electrons. The average Bonchev–Trinajstić information content (AvgIpc) is 2.80. The van der Waals surface area contributed by atoms with Gasteiger partial charge in [0.1, 0.15) is 0 Å². The molecule has 0 amide bonds. The van der Waals surface area contributed by atoms with Gasteiger partial charge in [0.15, 0.2) is 0 Å². The minimum absolute atomic E-state index is 0. The number of aliphatic imine (C=N–C) groups is 2. The number of para-hydroxylation sites is 2. The molecule has 0 aliphatic carbocycles. The molecule has 0 aliphatic heterocycles. The zero-order valence-electron chi connectivity index (χ0n) is 19.6. The third-order valence-corrected chi connectivity index (χ3v) is 5.44. The fourth-order valence-corrected chi connectivity index (χ4v) is 3.69. The number of aryl methyl sites for hydroxylation is 4. The maximum atomic E-state index is 4.83. The van der Waals surface area contributed by atoms with Crippen LogP contribution in [0.25, 0.3) is 0 Å². The van der Waals surface area contributed by atoms with Gasteiger partial charge in [0.2, 0.25) is 0 Å². The fourth-order valence-electron chi connectivity index (χ4n) is 3.69. The van der Waals surface area contributed by atoms with E-state index in [4.69, 9.17) is 9.98 Å². The SMILES string of the molecule is CCc1cccc(CC)c1N=Cc1[c-]c(C=Nc2c(CC)cccc2CC)ccc1.[Li+]. The van der Waals surface area contributed by atoms with E-state index in [-0.39, 0.29) is 18.9 Å². The van der Waals surface area contributed by atoms with Gasteiger partial charge in [0.05, 0.1) is 11.4 Å². The summed E-state index contributed by atoms with van der Waals surface area (Å²) in [6, 6.07) is 22.5. The first-order valence-electron chi connectivity index (χ1n) is 11.0. The Balaban J connectivity index is 0.00000341. The van der Waals surface area contributed by atoms with Crippen LogP contribution in [0.1, 0.15) is 61.1 Å². The van der Waals surface area contributed by atoms with E-state index in [1.165, 1.54) is 22.3 Å². The summed E-state index contributed by atoms with van der Waals surface area (Å²) in [6.45, 7) is 8.71. The van der Waals surface area contributed by atoms with Gasteiger partial charge >= 0.3 is 18.9 Å². The molecule has 2 nitrogen and oxygen atoms in total. The van der Waals surface area contributed by atoms with E-state index in [0.717, 1.165) is 48.2 Å². The maximum Gasteiger partial charge on any atom is 1.00 e. The summed E-state index contributed by atoms with van der Waals surface area (Å²) in [5.41, 5.74) is 9.26. The Morgan fingerprint density at radius 2 is 0.903 bits per heavy atom. The molecule has 3 rings (SSSR count). The van der Waals surface area contributed by atoms with Crippen molar-refractivity contribution in [2.45, 2.75) is 53.4 Å². The molecular formula is C28H31LiN2. The summed E-state index contributed by atoms with van der Waals surface area (Å²) in [5.74, 6) is 0. The molecule has 0 saturated heterocycles. The molecule has 154 valence electrons. The standard InChI is InChI=1S/C28H31N2.Li/c1-5-23-14-10-15-24(6-2)27(23)29-19-21-12-9-13-22(18-21)20-30-28-25(7-3)16-11-17-26(28)8-4;/h9-17,19-20H,5-8H2,1-4H3;/q-1;+1. The van der Waals surface area contributed by atoms with E-state index < -0.39 is 0 Å². The van der Waals surface area contributed by atoms with Crippen molar-refractivity contribution in [1.29, 1.82) is 0 Å². The van der Waals surface area contributed by atoms with Crippen molar-refractivity contribution in [3.05, 3.63) is 94.0 Å². The predicted octanol–water partition coefficient (Wildman–Crippen LogP) is 4.24. The number of benzene rings is 3. The van der Waals surface area contributed by atoms with Gasteiger partial charge in [-0.1, -0.05) is 64.1 Å². The molecule has 31 heavy (non-hydrogen) atoms. The molecule has 0 saturated carbocycles. The van der Waals surface area contributed by atoms with E-state index in [1.54, 1.807) is 0 Å². The van der Waals surface area contributed by atoms with Crippen LogP contribution >= 0.6 is 0 Å². The molecule has 0 bridgehead atoms. The smallest absolute Gasteiger partial charge is 0.294 e. The number of hydrogen-bond acceptors (Lipinski definition) is 2. The van der Waals surface area contributed by atoms with E-state index in [2.05, 4.69) is 70.2 Å². The van der Waals surface area contributed by atoms with Crippen molar-refractivity contribution in [3.63, 3.8) is 0 Å². The van der Waals surface area contributed by atoms with E-state index in [9.17, 15) is 0 Å². The quantitative estimate of drug-likeness (QED) is 0.306. The molecule has 0 spiro atoms. The van der Waals surface area contributed by atoms with Crippen LogP contribution in [-0.2, 0) is 25.7 Å². The van der Waals surface area contributed by atoms with Crippen molar-refractivity contribution in [2.24, 2.45) is 9.98 Å². The molecule has 0 fully saturated rings. The van der Waals surface area contributed by atoms with Crippen LogP contribution in [0.5, 0.6) is 0 Å². The second-order valence-corrected chi connectivity index (χ2v) is 7.34. The summed E-state index contributed by atoms with van der Waals surface area (Å²) in [6.07, 6.45) is 7.76. The molecular weight excluding hydrogens is 371 g/mol. The molecule has 0 unspecified atom stereocenters. The second-order valence-electron chi connectivity index (χ2n) is 7.34. The first-order chi connectivity index (χ1) is 14.7. The summed E-state index contributed by atoms with van der Waals surface area (Å²) in [5, 5.41) is 0. The summed E-state index contributed by atoms with van der Waals surface area (Å²) in [4.78, 5) is 9.66. The topological polar surface area (TPSA) is 24.7 Å². The minimum atomic E-state index is 0. The molecule has 3 aromatic carbocycles. The van der Waals surface area contributed by atoms with E-state index in [0.29, 0.717) is 0 Å². The molecule has 0 heterocycles. The van der Waals surface area contributed by atoms with Gasteiger partial charge < -0.3 is 0 Å². The zero-order chi connectivity index (χ0) is 21.3.